The Kier molecular flexibility index (Phi) is 2.23. The van der Waals surface area contributed by atoms with E-state index in [1.807, 2.05) is 24.3 Å². The van der Waals surface area contributed by atoms with Gasteiger partial charge in [-0.15, -0.1) is 22.9 Å². The largest absolute Gasteiger partial charge is 0.356 e. The lowest BCUT2D eigenvalue weighted by atomic mass is 10.2. The van der Waals surface area contributed by atoms with Crippen molar-refractivity contribution in [1.82, 2.24) is 4.98 Å². The predicted octanol–water partition coefficient (Wildman–Crippen LogP) is 3.48. The summed E-state index contributed by atoms with van der Waals surface area (Å²) in [6.07, 6.45) is 0. The number of aromatic nitrogens is 1. The Labute approximate surface area is 100 Å². The van der Waals surface area contributed by atoms with Crippen molar-refractivity contribution in [2.24, 2.45) is 0 Å². The van der Waals surface area contributed by atoms with Gasteiger partial charge in [0.25, 0.3) is 0 Å². The van der Waals surface area contributed by atoms with Crippen molar-refractivity contribution < 1.29 is 0 Å². The molecule has 1 aromatic carbocycles. The SMILES string of the molecule is O=c1cc(CCl)[nH]c2c1sc1ccccc12. The lowest BCUT2D eigenvalue weighted by Gasteiger charge is -1.96. The molecule has 0 radical (unpaired) electrons. The maximum atomic E-state index is 11.9. The second-order valence-corrected chi connectivity index (χ2v) is 4.91. The Balaban J connectivity index is 2.56. The number of fused-ring (bicyclic) bond motifs is 3. The molecule has 0 atom stereocenters. The smallest absolute Gasteiger partial charge is 0.199 e. The molecule has 4 heteroatoms. The van der Waals surface area contributed by atoms with Gasteiger partial charge in [-0.3, -0.25) is 4.79 Å². The van der Waals surface area contributed by atoms with Gasteiger partial charge in [0.2, 0.25) is 0 Å². The number of H-pyrrole nitrogens is 1. The molecule has 0 spiro atoms. The van der Waals surface area contributed by atoms with E-state index in [2.05, 4.69) is 4.98 Å². The molecule has 3 aromatic rings. The molecule has 0 bridgehead atoms. The highest BCUT2D eigenvalue weighted by molar-refractivity contribution is 7.25. The number of halogens is 1. The molecule has 2 nitrogen and oxygen atoms in total. The van der Waals surface area contributed by atoms with Crippen LogP contribution in [0.3, 0.4) is 0 Å². The van der Waals surface area contributed by atoms with Crippen LogP contribution < -0.4 is 5.43 Å². The van der Waals surface area contributed by atoms with E-state index in [1.54, 1.807) is 6.07 Å². The monoisotopic (exact) mass is 249 g/mol. The number of pyridine rings is 1. The van der Waals surface area contributed by atoms with Crippen LogP contribution >= 0.6 is 22.9 Å². The van der Waals surface area contributed by atoms with E-state index in [0.717, 1.165) is 26.0 Å². The van der Waals surface area contributed by atoms with Gasteiger partial charge in [0.05, 0.1) is 16.1 Å². The minimum absolute atomic E-state index is 0.0469. The lowest BCUT2D eigenvalue weighted by molar-refractivity contribution is 1.21. The van der Waals surface area contributed by atoms with E-state index in [0.29, 0.717) is 5.88 Å². The van der Waals surface area contributed by atoms with Crippen LogP contribution in [0.1, 0.15) is 5.69 Å². The molecule has 0 saturated heterocycles. The maximum Gasteiger partial charge on any atom is 0.199 e. The predicted molar refractivity (Wildman–Crippen MR) is 69.5 cm³/mol. The molecule has 2 aromatic heterocycles. The van der Waals surface area contributed by atoms with Gasteiger partial charge in [0.1, 0.15) is 0 Å². The van der Waals surface area contributed by atoms with Crippen LogP contribution in [-0.2, 0) is 5.88 Å². The first-order valence-electron chi connectivity index (χ1n) is 4.89. The van der Waals surface area contributed by atoms with Crippen molar-refractivity contribution in [3.8, 4) is 0 Å². The number of hydrogen-bond donors (Lipinski definition) is 1. The average Bonchev–Trinajstić information content (AvgIpc) is 2.68. The molecular formula is C12H8ClNOS. The van der Waals surface area contributed by atoms with Crippen molar-refractivity contribution in [3.63, 3.8) is 0 Å². The Morgan fingerprint density at radius 1 is 1.31 bits per heavy atom. The highest BCUT2D eigenvalue weighted by atomic mass is 35.5. The Morgan fingerprint density at radius 3 is 2.94 bits per heavy atom. The quantitative estimate of drug-likeness (QED) is 0.658. The zero-order valence-electron chi connectivity index (χ0n) is 8.29. The summed E-state index contributed by atoms with van der Waals surface area (Å²) in [6.45, 7) is 0. The van der Waals surface area contributed by atoms with E-state index in [9.17, 15) is 4.79 Å². The number of hydrogen-bond acceptors (Lipinski definition) is 2. The second-order valence-electron chi connectivity index (χ2n) is 3.59. The van der Waals surface area contributed by atoms with Gasteiger partial charge >= 0.3 is 0 Å². The fraction of sp³-hybridized carbons (Fsp3) is 0.0833. The highest BCUT2D eigenvalue weighted by Crippen LogP contribution is 2.30. The summed E-state index contributed by atoms with van der Waals surface area (Å²) in [5.74, 6) is 0.329. The summed E-state index contributed by atoms with van der Waals surface area (Å²) in [5.41, 5.74) is 1.72. The van der Waals surface area contributed by atoms with Gasteiger partial charge in [-0.25, -0.2) is 0 Å². The van der Waals surface area contributed by atoms with Crippen LogP contribution in [0.5, 0.6) is 0 Å². The maximum absolute atomic E-state index is 11.9. The number of aromatic amines is 1. The number of nitrogens with one attached hydrogen (secondary N) is 1. The Hall–Kier alpha value is -1.32. The molecule has 3 rings (SSSR count). The molecule has 16 heavy (non-hydrogen) atoms. The molecule has 0 saturated carbocycles. The molecule has 0 amide bonds. The van der Waals surface area contributed by atoms with Crippen molar-refractivity contribution in [2.45, 2.75) is 5.88 Å². The molecule has 80 valence electrons. The minimum atomic E-state index is 0.0469. The summed E-state index contributed by atoms with van der Waals surface area (Å²) in [7, 11) is 0. The van der Waals surface area contributed by atoms with Crippen LogP contribution in [0.4, 0.5) is 0 Å². The minimum Gasteiger partial charge on any atom is -0.356 e. The lowest BCUT2D eigenvalue weighted by Crippen LogP contribution is -2.01. The third-order valence-corrected chi connectivity index (χ3v) is 4.03. The fourth-order valence-corrected chi connectivity index (χ4v) is 3.05. The summed E-state index contributed by atoms with van der Waals surface area (Å²) in [6, 6.07) is 9.56. The van der Waals surface area contributed by atoms with Gasteiger partial charge in [0.15, 0.2) is 5.43 Å². The summed E-state index contributed by atoms with van der Waals surface area (Å²) in [4.78, 5) is 15.1. The second kappa shape index (κ2) is 3.61. The molecule has 0 aliphatic rings. The summed E-state index contributed by atoms with van der Waals surface area (Å²) < 4.78 is 1.90. The normalized spacial score (nSPS) is 11.3. The number of rotatable bonds is 1. The third kappa shape index (κ3) is 1.36. The molecule has 0 fully saturated rings. The van der Waals surface area contributed by atoms with Crippen molar-refractivity contribution in [1.29, 1.82) is 0 Å². The van der Waals surface area contributed by atoms with Gasteiger partial charge in [0, 0.05) is 21.8 Å². The van der Waals surface area contributed by atoms with E-state index in [4.69, 9.17) is 11.6 Å². The Morgan fingerprint density at radius 2 is 2.12 bits per heavy atom. The summed E-state index contributed by atoms with van der Waals surface area (Å²) >= 11 is 7.27. The van der Waals surface area contributed by atoms with Crippen molar-refractivity contribution in [3.05, 3.63) is 46.2 Å². The van der Waals surface area contributed by atoms with E-state index >= 15 is 0 Å². The molecule has 0 aliphatic heterocycles. The highest BCUT2D eigenvalue weighted by Gasteiger charge is 2.08. The van der Waals surface area contributed by atoms with Crippen LogP contribution in [0.15, 0.2) is 35.1 Å². The zero-order chi connectivity index (χ0) is 11.1. The van der Waals surface area contributed by atoms with Gasteiger partial charge in [-0.1, -0.05) is 18.2 Å². The van der Waals surface area contributed by atoms with Crippen molar-refractivity contribution >= 4 is 43.2 Å². The molecule has 1 N–H and O–H groups in total. The van der Waals surface area contributed by atoms with Crippen LogP contribution in [0.25, 0.3) is 20.3 Å². The molecule has 2 heterocycles. The van der Waals surface area contributed by atoms with Gasteiger partial charge < -0.3 is 4.98 Å². The van der Waals surface area contributed by atoms with Crippen molar-refractivity contribution in [2.75, 3.05) is 0 Å². The first-order valence-corrected chi connectivity index (χ1v) is 6.24. The van der Waals surface area contributed by atoms with Crippen LogP contribution in [-0.4, -0.2) is 4.98 Å². The number of alkyl halides is 1. The summed E-state index contributed by atoms with van der Waals surface area (Å²) in [5, 5.41) is 1.09. The van der Waals surface area contributed by atoms with Gasteiger partial charge in [-0.05, 0) is 6.07 Å². The first kappa shape index (κ1) is 9.87. The average molecular weight is 250 g/mol. The number of benzene rings is 1. The Bertz CT molecular complexity index is 729. The van der Waals surface area contributed by atoms with E-state index in [-0.39, 0.29) is 5.43 Å². The van der Waals surface area contributed by atoms with E-state index in [1.165, 1.54) is 11.3 Å². The standard InChI is InChI=1S/C12H8ClNOS/c13-6-7-5-9(15)12-11(14-7)8-3-1-2-4-10(8)16-12/h1-5H,6H2,(H,14,15). The fourth-order valence-electron chi connectivity index (χ4n) is 1.84. The topological polar surface area (TPSA) is 32.9 Å². The third-order valence-electron chi connectivity index (χ3n) is 2.55. The van der Waals surface area contributed by atoms with Gasteiger partial charge in [-0.2, -0.15) is 0 Å². The van der Waals surface area contributed by atoms with Crippen LogP contribution in [0, 0.1) is 0 Å². The first-order chi connectivity index (χ1) is 7.79. The zero-order valence-corrected chi connectivity index (χ0v) is 9.86. The molecule has 0 aliphatic carbocycles. The van der Waals surface area contributed by atoms with Crippen LogP contribution in [0.2, 0.25) is 0 Å². The van der Waals surface area contributed by atoms with E-state index < -0.39 is 0 Å². The number of thiophene rings is 1. The molecule has 0 unspecified atom stereocenters. The molecular weight excluding hydrogens is 242 g/mol.